The topological polar surface area (TPSA) is 57.9 Å². The summed E-state index contributed by atoms with van der Waals surface area (Å²) in [4.78, 5) is 0. The van der Waals surface area contributed by atoms with Crippen LogP contribution in [0.5, 0.6) is 0 Å². The lowest BCUT2D eigenvalue weighted by molar-refractivity contribution is 0.595. The second-order valence-corrected chi connectivity index (χ2v) is 4.40. The molecule has 4 heteroatoms. The van der Waals surface area contributed by atoms with Crippen LogP contribution in [0.1, 0.15) is 18.1 Å². The van der Waals surface area contributed by atoms with Gasteiger partial charge in [-0.1, -0.05) is 31.2 Å². The molecule has 3 nitrogen and oxygen atoms in total. The average molecular weight is 198 g/mol. The zero-order valence-corrected chi connectivity index (χ0v) is 8.26. The molecule has 0 aliphatic heterocycles. The predicted molar refractivity (Wildman–Crippen MR) is 51.5 cm³/mol. The Kier molecular flexibility index (Phi) is 3.06. The molecule has 1 radical (unpaired) electrons. The molecule has 0 unspecified atom stereocenters. The van der Waals surface area contributed by atoms with Crippen molar-refractivity contribution in [3.05, 3.63) is 35.4 Å². The van der Waals surface area contributed by atoms with Gasteiger partial charge < -0.3 is 0 Å². The van der Waals surface area contributed by atoms with Crippen molar-refractivity contribution in [2.75, 3.05) is 0 Å². The number of nitrogens with one attached hydrogen (secondary N) is 1. The van der Waals surface area contributed by atoms with Gasteiger partial charge in [0.2, 0.25) is 10.0 Å². The van der Waals surface area contributed by atoms with Gasteiger partial charge in [-0.05, 0) is 17.5 Å². The maximum Gasteiger partial charge on any atom is 0.229 e. The van der Waals surface area contributed by atoms with E-state index in [0.29, 0.717) is 0 Å². The van der Waals surface area contributed by atoms with Crippen LogP contribution in [-0.4, -0.2) is 8.42 Å². The molecular formula is C9H12NO2S. The first-order chi connectivity index (χ1) is 6.03. The monoisotopic (exact) mass is 198 g/mol. The molecule has 0 fully saturated rings. The first-order valence-corrected chi connectivity index (χ1v) is 5.72. The molecule has 0 saturated carbocycles. The van der Waals surface area contributed by atoms with E-state index < -0.39 is 10.0 Å². The summed E-state index contributed by atoms with van der Waals surface area (Å²) in [6.07, 6.45) is 0.797. The standard InChI is InChI=1S/C9H12NO2S/c1-2-8-5-3-4-6-9(8)7-13(10,11)12/h3-6,10H,2,7H2,1H3. The predicted octanol–water partition coefficient (Wildman–Crippen LogP) is 1.36. The summed E-state index contributed by atoms with van der Waals surface area (Å²) < 4.78 is 21.5. The van der Waals surface area contributed by atoms with Crippen molar-refractivity contribution in [2.24, 2.45) is 0 Å². The lowest BCUT2D eigenvalue weighted by Gasteiger charge is -2.04. The fourth-order valence-corrected chi connectivity index (χ4v) is 1.94. The van der Waals surface area contributed by atoms with E-state index in [-0.39, 0.29) is 5.75 Å². The molecule has 1 rings (SSSR count). The Balaban J connectivity index is 3.01. The second-order valence-electron chi connectivity index (χ2n) is 2.88. The van der Waals surface area contributed by atoms with Gasteiger partial charge in [-0.15, -0.1) is 5.14 Å². The minimum Gasteiger partial charge on any atom is -0.211 e. The molecule has 0 aliphatic rings. The highest BCUT2D eigenvalue weighted by atomic mass is 32.2. The van der Waals surface area contributed by atoms with Gasteiger partial charge >= 0.3 is 0 Å². The van der Waals surface area contributed by atoms with E-state index in [2.05, 4.69) is 0 Å². The SMILES string of the molecule is CCc1ccccc1CS([NH])(=O)=O. The third-order valence-electron chi connectivity index (χ3n) is 1.84. The van der Waals surface area contributed by atoms with Gasteiger partial charge in [0.05, 0.1) is 5.75 Å². The minimum absolute atomic E-state index is 0.184. The normalized spacial score (nSPS) is 11.5. The highest BCUT2D eigenvalue weighted by molar-refractivity contribution is 7.88. The Labute approximate surface area is 78.6 Å². The van der Waals surface area contributed by atoms with Crippen molar-refractivity contribution in [1.82, 2.24) is 5.14 Å². The summed E-state index contributed by atoms with van der Waals surface area (Å²) >= 11 is 0. The number of rotatable bonds is 3. The smallest absolute Gasteiger partial charge is 0.211 e. The molecule has 1 N–H and O–H groups in total. The highest BCUT2D eigenvalue weighted by Crippen LogP contribution is 2.11. The summed E-state index contributed by atoms with van der Waals surface area (Å²) in [7, 11) is -3.66. The molecule has 0 aromatic heterocycles. The molecule has 1 aromatic rings. The van der Waals surface area contributed by atoms with E-state index in [0.717, 1.165) is 17.5 Å². The van der Waals surface area contributed by atoms with Crippen molar-refractivity contribution in [2.45, 2.75) is 19.1 Å². The van der Waals surface area contributed by atoms with Crippen LogP contribution in [0.4, 0.5) is 0 Å². The van der Waals surface area contributed by atoms with E-state index in [1.54, 1.807) is 12.1 Å². The van der Waals surface area contributed by atoms with E-state index in [4.69, 9.17) is 5.14 Å². The van der Waals surface area contributed by atoms with Crippen molar-refractivity contribution in [3.63, 3.8) is 0 Å². The number of sulfonamides is 1. The van der Waals surface area contributed by atoms with E-state index in [1.807, 2.05) is 19.1 Å². The number of hydrogen-bond acceptors (Lipinski definition) is 2. The largest absolute Gasteiger partial charge is 0.229 e. The average Bonchev–Trinajstić information content (AvgIpc) is 2.02. The molecular weight excluding hydrogens is 186 g/mol. The van der Waals surface area contributed by atoms with Gasteiger partial charge in [0.15, 0.2) is 0 Å². The lowest BCUT2D eigenvalue weighted by atomic mass is 10.1. The van der Waals surface area contributed by atoms with Crippen LogP contribution >= 0.6 is 0 Å². The van der Waals surface area contributed by atoms with Crippen LogP contribution in [0.15, 0.2) is 24.3 Å². The van der Waals surface area contributed by atoms with E-state index in [1.165, 1.54) is 0 Å². The summed E-state index contributed by atoms with van der Waals surface area (Å²) in [6, 6.07) is 7.31. The maximum absolute atomic E-state index is 10.7. The van der Waals surface area contributed by atoms with Gasteiger partial charge in [0, 0.05) is 0 Å². The lowest BCUT2D eigenvalue weighted by Crippen LogP contribution is -2.05. The van der Waals surface area contributed by atoms with Gasteiger partial charge in [0.25, 0.3) is 0 Å². The van der Waals surface area contributed by atoms with Crippen molar-refractivity contribution in [1.29, 1.82) is 0 Å². The Morgan fingerprint density at radius 3 is 2.23 bits per heavy atom. The van der Waals surface area contributed by atoms with Crippen LogP contribution in [0.3, 0.4) is 0 Å². The van der Waals surface area contributed by atoms with Crippen LogP contribution in [0.2, 0.25) is 0 Å². The van der Waals surface area contributed by atoms with E-state index >= 15 is 0 Å². The van der Waals surface area contributed by atoms with Crippen molar-refractivity contribution < 1.29 is 8.42 Å². The van der Waals surface area contributed by atoms with Crippen molar-refractivity contribution in [3.8, 4) is 0 Å². The quantitative estimate of drug-likeness (QED) is 0.736. The van der Waals surface area contributed by atoms with Gasteiger partial charge in [-0.25, -0.2) is 8.42 Å². The van der Waals surface area contributed by atoms with Gasteiger partial charge in [0.1, 0.15) is 0 Å². The molecule has 0 atom stereocenters. The Morgan fingerprint density at radius 1 is 1.23 bits per heavy atom. The first-order valence-electron chi connectivity index (χ1n) is 4.07. The molecule has 0 saturated heterocycles. The number of benzene rings is 1. The van der Waals surface area contributed by atoms with Crippen molar-refractivity contribution >= 4 is 10.0 Å². The molecule has 0 aliphatic carbocycles. The maximum atomic E-state index is 10.7. The van der Waals surface area contributed by atoms with Crippen LogP contribution < -0.4 is 5.14 Å². The Bertz CT molecular complexity index is 384. The molecule has 13 heavy (non-hydrogen) atoms. The Morgan fingerprint density at radius 2 is 1.77 bits per heavy atom. The zero-order chi connectivity index (χ0) is 9.90. The molecule has 71 valence electrons. The summed E-state index contributed by atoms with van der Waals surface area (Å²) in [5.74, 6) is -0.184. The minimum atomic E-state index is -3.66. The highest BCUT2D eigenvalue weighted by Gasteiger charge is 2.08. The summed E-state index contributed by atoms with van der Waals surface area (Å²) in [5.41, 5.74) is 1.73. The number of aryl methyl sites for hydroxylation is 1. The van der Waals surface area contributed by atoms with Gasteiger partial charge in [-0.2, -0.15) is 0 Å². The third kappa shape index (κ3) is 3.16. The second kappa shape index (κ2) is 3.89. The Hall–Kier alpha value is -0.870. The molecule has 1 aromatic carbocycles. The summed E-state index contributed by atoms with van der Waals surface area (Å²) in [6.45, 7) is 1.97. The number of hydrogen-bond donors (Lipinski definition) is 0. The van der Waals surface area contributed by atoms with Crippen LogP contribution in [0, 0.1) is 0 Å². The molecule has 0 amide bonds. The fraction of sp³-hybridized carbons (Fsp3) is 0.333. The van der Waals surface area contributed by atoms with Crippen LogP contribution in [-0.2, 0) is 22.2 Å². The zero-order valence-electron chi connectivity index (χ0n) is 7.45. The first kappa shape index (κ1) is 10.2. The molecule has 0 heterocycles. The van der Waals surface area contributed by atoms with E-state index in [9.17, 15) is 8.42 Å². The van der Waals surface area contributed by atoms with Gasteiger partial charge in [-0.3, -0.25) is 0 Å². The third-order valence-corrected chi connectivity index (χ3v) is 2.54. The molecule has 0 bridgehead atoms. The summed E-state index contributed by atoms with van der Waals surface area (Å²) in [5, 5.41) is 6.81. The molecule has 0 spiro atoms. The van der Waals surface area contributed by atoms with Crippen LogP contribution in [0.25, 0.3) is 0 Å². The fourth-order valence-electron chi connectivity index (χ4n) is 1.25.